The van der Waals surface area contributed by atoms with Crippen LogP contribution in [0.1, 0.15) is 13.8 Å². The van der Waals surface area contributed by atoms with Gasteiger partial charge in [0.15, 0.2) is 5.82 Å². The molecule has 1 aliphatic rings. The topological polar surface area (TPSA) is 106 Å². The Morgan fingerprint density at radius 3 is 2.81 bits per heavy atom. The Kier molecular flexibility index (Phi) is 4.15. The maximum atomic E-state index is 5.99. The summed E-state index contributed by atoms with van der Waals surface area (Å²) in [5, 5.41) is 7.49. The van der Waals surface area contributed by atoms with E-state index < -0.39 is 0 Å². The molecule has 4 heterocycles. The summed E-state index contributed by atoms with van der Waals surface area (Å²) in [6.45, 7) is 4.30. The largest absolute Gasteiger partial charge is 0.382 e. The van der Waals surface area contributed by atoms with E-state index in [9.17, 15) is 0 Å². The Hall–Kier alpha value is -3.55. The Morgan fingerprint density at radius 2 is 2.07 bits per heavy atom. The number of allylic oxidation sites excluding steroid dienone is 2. The zero-order chi connectivity index (χ0) is 19.0. The first-order chi connectivity index (χ1) is 13.0. The second kappa shape index (κ2) is 6.64. The van der Waals surface area contributed by atoms with Crippen LogP contribution in [0, 0.1) is 5.92 Å². The minimum atomic E-state index is 0.428. The maximum absolute atomic E-state index is 5.99. The number of hydrogen-bond acceptors (Lipinski definition) is 7. The lowest BCUT2D eigenvalue weighted by Gasteiger charge is -2.20. The van der Waals surface area contributed by atoms with Crippen molar-refractivity contribution in [1.29, 1.82) is 0 Å². The summed E-state index contributed by atoms with van der Waals surface area (Å²) >= 11 is 0. The normalized spacial score (nSPS) is 13.8. The Bertz CT molecular complexity index is 1060. The maximum Gasteiger partial charge on any atom is 0.153 e. The van der Waals surface area contributed by atoms with E-state index in [2.05, 4.69) is 46.2 Å². The molecule has 1 aliphatic heterocycles. The highest BCUT2D eigenvalue weighted by Gasteiger charge is 2.11. The number of hydrazine groups is 1. The van der Waals surface area contributed by atoms with Crippen molar-refractivity contribution in [3.63, 3.8) is 0 Å². The van der Waals surface area contributed by atoms with Crippen molar-refractivity contribution in [2.75, 3.05) is 11.1 Å². The molecule has 0 radical (unpaired) electrons. The van der Waals surface area contributed by atoms with Crippen molar-refractivity contribution >= 4 is 22.7 Å². The minimum absolute atomic E-state index is 0.428. The van der Waals surface area contributed by atoms with Gasteiger partial charge in [-0.3, -0.25) is 15.1 Å². The molecule has 3 aromatic heterocycles. The van der Waals surface area contributed by atoms with Crippen molar-refractivity contribution in [2.45, 2.75) is 13.8 Å². The van der Waals surface area contributed by atoms with E-state index in [4.69, 9.17) is 10.7 Å². The van der Waals surface area contributed by atoms with Crippen LogP contribution in [0.5, 0.6) is 0 Å². The van der Waals surface area contributed by atoms with Gasteiger partial charge in [-0.05, 0) is 35.8 Å². The number of anilines is 2. The predicted octanol–water partition coefficient (Wildman–Crippen LogP) is 2.51. The van der Waals surface area contributed by atoms with Gasteiger partial charge in [0.1, 0.15) is 11.6 Å². The van der Waals surface area contributed by atoms with Crippen LogP contribution in [-0.4, -0.2) is 19.7 Å². The molecule has 0 aromatic carbocycles. The average molecular weight is 362 g/mol. The minimum Gasteiger partial charge on any atom is -0.382 e. The summed E-state index contributed by atoms with van der Waals surface area (Å²) in [5.41, 5.74) is 16.7. The van der Waals surface area contributed by atoms with Crippen molar-refractivity contribution < 1.29 is 0 Å². The molecule has 27 heavy (non-hydrogen) atoms. The third-order valence-electron chi connectivity index (χ3n) is 4.39. The van der Waals surface area contributed by atoms with Gasteiger partial charge in [0, 0.05) is 36.8 Å². The number of nitrogens with two attached hydrogens (primary N) is 1. The number of hydrogen-bond donors (Lipinski definition) is 4. The number of nitrogens with one attached hydrogen (secondary N) is 3. The lowest BCUT2D eigenvalue weighted by atomic mass is 10.0. The molecule has 0 saturated heterocycles. The fourth-order valence-electron chi connectivity index (χ4n) is 2.93. The van der Waals surface area contributed by atoms with Gasteiger partial charge in [0.05, 0.1) is 11.0 Å². The zero-order valence-electron chi connectivity index (χ0n) is 15.5. The van der Waals surface area contributed by atoms with E-state index >= 15 is 0 Å². The van der Waals surface area contributed by atoms with E-state index in [1.54, 1.807) is 10.9 Å². The zero-order valence-corrected chi connectivity index (χ0v) is 15.5. The van der Waals surface area contributed by atoms with Gasteiger partial charge >= 0.3 is 0 Å². The Labute approximate surface area is 157 Å². The van der Waals surface area contributed by atoms with E-state index in [0.717, 1.165) is 33.8 Å². The van der Waals surface area contributed by atoms with Gasteiger partial charge in [-0.25, -0.2) is 4.98 Å². The molecule has 0 amide bonds. The molecule has 0 unspecified atom stereocenters. The first-order valence-electron chi connectivity index (χ1n) is 8.76. The van der Waals surface area contributed by atoms with Crippen LogP contribution >= 0.6 is 0 Å². The summed E-state index contributed by atoms with van der Waals surface area (Å²) in [6, 6.07) is 5.82. The molecular formula is C19H22N8. The monoisotopic (exact) mass is 362 g/mol. The fourth-order valence-corrected chi connectivity index (χ4v) is 2.93. The van der Waals surface area contributed by atoms with E-state index in [1.165, 1.54) is 5.57 Å². The second-order valence-electron chi connectivity index (χ2n) is 6.81. The molecule has 8 nitrogen and oxygen atoms in total. The number of fused-ring (bicyclic) bond motifs is 1. The summed E-state index contributed by atoms with van der Waals surface area (Å²) in [6.07, 6.45) is 7.69. The molecule has 0 saturated carbocycles. The molecule has 3 aromatic rings. The summed E-state index contributed by atoms with van der Waals surface area (Å²) in [4.78, 5) is 9.19. The molecular weight excluding hydrogens is 340 g/mol. The van der Waals surface area contributed by atoms with Crippen LogP contribution in [0.25, 0.3) is 22.2 Å². The van der Waals surface area contributed by atoms with Crippen LogP contribution in [-0.2, 0) is 7.05 Å². The number of pyridine rings is 2. The highest BCUT2D eigenvalue weighted by Crippen LogP contribution is 2.26. The van der Waals surface area contributed by atoms with Gasteiger partial charge in [-0.1, -0.05) is 13.8 Å². The summed E-state index contributed by atoms with van der Waals surface area (Å²) < 4.78 is 1.69. The lowest BCUT2D eigenvalue weighted by molar-refractivity contribution is 0.677. The highest BCUT2D eigenvalue weighted by molar-refractivity contribution is 5.84. The molecule has 0 fully saturated rings. The van der Waals surface area contributed by atoms with Crippen molar-refractivity contribution in [2.24, 2.45) is 13.0 Å². The number of nitrogen functional groups attached to an aromatic ring is 1. The first kappa shape index (κ1) is 16.9. The predicted molar refractivity (Wildman–Crippen MR) is 107 cm³/mol. The SMILES string of the molecule is CC(C)C1=CNNC(Nc2ccc3ncc(-c4cn(C)nc4N)cc3n2)=C1. The number of nitrogens with zero attached hydrogens (tertiary/aromatic N) is 4. The number of aromatic nitrogens is 4. The molecule has 0 bridgehead atoms. The second-order valence-corrected chi connectivity index (χ2v) is 6.81. The van der Waals surface area contributed by atoms with Gasteiger partial charge in [0.2, 0.25) is 0 Å². The van der Waals surface area contributed by atoms with Crippen LogP contribution in [0.2, 0.25) is 0 Å². The summed E-state index contributed by atoms with van der Waals surface area (Å²) in [7, 11) is 1.84. The standard InChI is InChI=1S/C19H22N8/c1-11(2)12-7-18(25-22-9-12)24-17-5-4-15-16(23-17)6-13(8-21-15)14-10-27(3)26-19(14)20/h4-11,22,25H,1-3H3,(H2,20,26)(H,23,24). The third-order valence-corrected chi connectivity index (χ3v) is 4.39. The van der Waals surface area contributed by atoms with Crippen LogP contribution < -0.4 is 21.9 Å². The van der Waals surface area contributed by atoms with Crippen molar-refractivity contribution in [3.05, 3.63) is 54.3 Å². The fraction of sp³-hybridized carbons (Fsp3) is 0.211. The molecule has 8 heteroatoms. The molecule has 0 aliphatic carbocycles. The van der Waals surface area contributed by atoms with Gasteiger partial charge in [-0.15, -0.1) is 0 Å². The Balaban J connectivity index is 1.65. The van der Waals surface area contributed by atoms with Gasteiger partial charge in [-0.2, -0.15) is 5.10 Å². The Morgan fingerprint density at radius 1 is 1.22 bits per heavy atom. The number of rotatable bonds is 4. The third kappa shape index (κ3) is 3.41. The van der Waals surface area contributed by atoms with Crippen molar-refractivity contribution in [3.8, 4) is 11.1 Å². The van der Waals surface area contributed by atoms with Crippen LogP contribution in [0.3, 0.4) is 0 Å². The quantitative estimate of drug-likeness (QED) is 0.565. The molecule has 5 N–H and O–H groups in total. The average Bonchev–Trinajstić information content (AvgIpc) is 2.99. The lowest BCUT2D eigenvalue weighted by Crippen LogP contribution is -2.33. The smallest absolute Gasteiger partial charge is 0.153 e. The van der Waals surface area contributed by atoms with Crippen LogP contribution in [0.15, 0.2) is 54.3 Å². The molecule has 4 rings (SSSR count). The summed E-state index contributed by atoms with van der Waals surface area (Å²) in [5.74, 6) is 2.47. The number of aryl methyl sites for hydroxylation is 1. The molecule has 0 atom stereocenters. The van der Waals surface area contributed by atoms with Crippen molar-refractivity contribution in [1.82, 2.24) is 30.6 Å². The van der Waals surface area contributed by atoms with E-state index in [-0.39, 0.29) is 0 Å². The highest BCUT2D eigenvalue weighted by atomic mass is 15.4. The molecule has 138 valence electrons. The molecule has 0 spiro atoms. The van der Waals surface area contributed by atoms with E-state index in [1.807, 2.05) is 37.6 Å². The van der Waals surface area contributed by atoms with Gasteiger partial charge in [0.25, 0.3) is 0 Å². The van der Waals surface area contributed by atoms with Gasteiger partial charge < -0.3 is 16.5 Å². The van der Waals surface area contributed by atoms with E-state index in [0.29, 0.717) is 11.7 Å². The first-order valence-corrected chi connectivity index (χ1v) is 8.76. The van der Waals surface area contributed by atoms with Crippen LogP contribution in [0.4, 0.5) is 11.6 Å².